The summed E-state index contributed by atoms with van der Waals surface area (Å²) in [6.45, 7) is 7.01. The van der Waals surface area contributed by atoms with E-state index in [1.165, 1.54) is 0 Å². The molecule has 21 heavy (non-hydrogen) atoms. The van der Waals surface area contributed by atoms with Crippen molar-refractivity contribution in [3.05, 3.63) is 30.1 Å². The summed E-state index contributed by atoms with van der Waals surface area (Å²) >= 11 is 0. The van der Waals surface area contributed by atoms with E-state index >= 15 is 0 Å². The summed E-state index contributed by atoms with van der Waals surface area (Å²) in [4.78, 5) is 26.9. The van der Waals surface area contributed by atoms with Gasteiger partial charge in [-0.1, -0.05) is 13.8 Å². The van der Waals surface area contributed by atoms with Gasteiger partial charge in [0.25, 0.3) is 0 Å². The first kappa shape index (κ1) is 17.3. The highest BCUT2D eigenvalue weighted by atomic mass is 16.4. The molecule has 1 N–H and O–H groups in total. The van der Waals surface area contributed by atoms with Crippen molar-refractivity contribution >= 4 is 12.3 Å². The molecule has 2 atom stereocenters. The van der Waals surface area contributed by atoms with E-state index in [-0.39, 0.29) is 12.0 Å². The second-order valence-corrected chi connectivity index (χ2v) is 5.65. The lowest BCUT2D eigenvalue weighted by Crippen LogP contribution is -2.46. The number of rotatable bonds is 4. The van der Waals surface area contributed by atoms with E-state index in [0.29, 0.717) is 11.6 Å². The maximum atomic E-state index is 11.0. The molecule has 1 aromatic heterocycles. The zero-order valence-corrected chi connectivity index (χ0v) is 12.9. The van der Waals surface area contributed by atoms with E-state index in [2.05, 4.69) is 16.8 Å². The number of aliphatic carboxylic acids is 1. The van der Waals surface area contributed by atoms with Crippen molar-refractivity contribution in [2.24, 2.45) is 5.92 Å². The van der Waals surface area contributed by atoms with Gasteiger partial charge in [-0.3, -0.25) is 19.5 Å². The first-order chi connectivity index (χ1) is 9.97. The number of carbonyl (C=O) groups is 2. The second kappa shape index (κ2) is 8.52. The van der Waals surface area contributed by atoms with Crippen LogP contribution in [0.25, 0.3) is 0 Å². The van der Waals surface area contributed by atoms with E-state index in [1.807, 2.05) is 13.8 Å². The number of aldehydes is 1. The molecular formula is C16H24N2O3. The maximum Gasteiger partial charge on any atom is 0.321 e. The lowest BCUT2D eigenvalue weighted by molar-refractivity contribution is -0.145. The van der Waals surface area contributed by atoms with Crippen LogP contribution < -0.4 is 0 Å². The van der Waals surface area contributed by atoms with Crippen LogP contribution in [0.4, 0.5) is 0 Å². The molecule has 1 aromatic rings. The Balaban J connectivity index is 0.000000235. The molecule has 2 heterocycles. The van der Waals surface area contributed by atoms with Crippen molar-refractivity contribution in [2.45, 2.75) is 45.7 Å². The molecule has 0 bridgehead atoms. The number of likely N-dealkylation sites (tertiary alicyclic amines) is 1. The Morgan fingerprint density at radius 2 is 2.05 bits per heavy atom. The van der Waals surface area contributed by atoms with Crippen molar-refractivity contribution in [1.29, 1.82) is 0 Å². The van der Waals surface area contributed by atoms with Crippen LogP contribution in [0, 0.1) is 5.92 Å². The van der Waals surface area contributed by atoms with Gasteiger partial charge in [-0.2, -0.15) is 0 Å². The molecule has 0 amide bonds. The van der Waals surface area contributed by atoms with Crippen LogP contribution in [0.2, 0.25) is 0 Å². The highest BCUT2D eigenvalue weighted by molar-refractivity contribution is 5.74. The number of hydrogen-bond donors (Lipinski definition) is 1. The van der Waals surface area contributed by atoms with E-state index in [0.717, 1.165) is 25.7 Å². The molecule has 0 aromatic carbocycles. The zero-order chi connectivity index (χ0) is 15.8. The Labute approximate surface area is 126 Å². The molecule has 2 unspecified atom stereocenters. The first-order valence-corrected chi connectivity index (χ1v) is 7.31. The smallest absolute Gasteiger partial charge is 0.321 e. The quantitative estimate of drug-likeness (QED) is 0.863. The number of pyridine rings is 1. The van der Waals surface area contributed by atoms with Gasteiger partial charge in [-0.05, 0) is 44.4 Å². The summed E-state index contributed by atoms with van der Waals surface area (Å²) in [6.07, 6.45) is 6.24. The van der Waals surface area contributed by atoms with Crippen LogP contribution >= 0.6 is 0 Å². The van der Waals surface area contributed by atoms with Crippen molar-refractivity contribution in [3.63, 3.8) is 0 Å². The molecule has 1 aliphatic rings. The van der Waals surface area contributed by atoms with Gasteiger partial charge in [0.1, 0.15) is 12.3 Å². The van der Waals surface area contributed by atoms with E-state index in [9.17, 15) is 9.59 Å². The lowest BCUT2D eigenvalue weighted by atomic mass is 10.0. The van der Waals surface area contributed by atoms with E-state index in [1.54, 1.807) is 24.5 Å². The van der Waals surface area contributed by atoms with Gasteiger partial charge in [0.15, 0.2) is 0 Å². The molecule has 0 spiro atoms. The summed E-state index contributed by atoms with van der Waals surface area (Å²) in [5.74, 6) is -0.484. The number of aromatic nitrogens is 1. The van der Waals surface area contributed by atoms with Crippen molar-refractivity contribution < 1.29 is 14.7 Å². The normalized spacial score (nSPS) is 19.7. The minimum absolute atomic E-state index is 0.193. The fraction of sp³-hybridized carbons (Fsp3) is 0.562. The van der Waals surface area contributed by atoms with Gasteiger partial charge in [-0.25, -0.2) is 0 Å². The van der Waals surface area contributed by atoms with Crippen LogP contribution in [-0.4, -0.2) is 45.9 Å². The van der Waals surface area contributed by atoms with Crippen LogP contribution in [0.1, 0.15) is 44.0 Å². The first-order valence-electron chi connectivity index (χ1n) is 7.31. The molecule has 1 fully saturated rings. The van der Waals surface area contributed by atoms with Gasteiger partial charge < -0.3 is 5.11 Å². The van der Waals surface area contributed by atoms with Gasteiger partial charge >= 0.3 is 5.97 Å². The van der Waals surface area contributed by atoms with Crippen molar-refractivity contribution in [2.75, 3.05) is 6.54 Å². The highest BCUT2D eigenvalue weighted by Gasteiger charge is 2.34. The van der Waals surface area contributed by atoms with Crippen molar-refractivity contribution in [1.82, 2.24) is 9.88 Å². The summed E-state index contributed by atoms with van der Waals surface area (Å²) in [7, 11) is 0. The number of carboxylic acid groups (broad SMARTS) is 1. The third-order valence-corrected chi connectivity index (χ3v) is 3.69. The summed E-state index contributed by atoms with van der Waals surface area (Å²) in [5.41, 5.74) is 0.667. The number of nitrogens with zero attached hydrogens (tertiary/aromatic N) is 2. The Morgan fingerprint density at radius 3 is 2.38 bits per heavy atom. The van der Waals surface area contributed by atoms with E-state index < -0.39 is 5.97 Å². The minimum Gasteiger partial charge on any atom is -0.480 e. The van der Waals surface area contributed by atoms with Gasteiger partial charge in [0.05, 0.1) is 0 Å². The van der Waals surface area contributed by atoms with Crippen LogP contribution in [0.5, 0.6) is 0 Å². The minimum atomic E-state index is -0.677. The van der Waals surface area contributed by atoms with Gasteiger partial charge in [-0.15, -0.1) is 0 Å². The largest absolute Gasteiger partial charge is 0.480 e. The summed E-state index contributed by atoms with van der Waals surface area (Å²) in [5, 5.41) is 9.08. The predicted molar refractivity (Wildman–Crippen MR) is 81.3 cm³/mol. The molecule has 1 saturated heterocycles. The molecule has 1 aliphatic heterocycles. The Morgan fingerprint density at radius 1 is 1.43 bits per heavy atom. The molecule has 0 radical (unpaired) electrons. The Kier molecular flexibility index (Phi) is 7.02. The van der Waals surface area contributed by atoms with Gasteiger partial charge in [0.2, 0.25) is 0 Å². The standard InChI is InChI=1S/C10H19NO2.C6H5NO/c1-7(2)9(10(12)13)11-6-4-5-8(11)3;8-5-6-1-3-7-4-2-6/h7-9H,4-6H2,1-3H3,(H,12,13);1-5H. The molecule has 0 aliphatic carbocycles. The molecular weight excluding hydrogens is 268 g/mol. The number of carboxylic acids is 1. The molecule has 5 nitrogen and oxygen atoms in total. The molecule has 116 valence electrons. The fourth-order valence-corrected chi connectivity index (χ4v) is 2.62. The number of carbonyl (C=O) groups excluding carboxylic acids is 1. The van der Waals surface area contributed by atoms with E-state index in [4.69, 9.17) is 5.11 Å². The van der Waals surface area contributed by atoms with Crippen LogP contribution in [0.3, 0.4) is 0 Å². The molecule has 0 saturated carbocycles. The fourth-order valence-electron chi connectivity index (χ4n) is 2.62. The third-order valence-electron chi connectivity index (χ3n) is 3.69. The van der Waals surface area contributed by atoms with Gasteiger partial charge in [0, 0.05) is 24.0 Å². The topological polar surface area (TPSA) is 70.5 Å². The molecule has 5 heteroatoms. The average molecular weight is 292 g/mol. The third kappa shape index (κ3) is 5.27. The average Bonchev–Trinajstić information content (AvgIpc) is 2.86. The Hall–Kier alpha value is -1.75. The SMILES string of the molecule is CC(C)C(C(=O)O)N1CCCC1C.O=Cc1ccncc1. The van der Waals surface area contributed by atoms with Crippen molar-refractivity contribution in [3.8, 4) is 0 Å². The Bertz CT molecular complexity index is 448. The molecule has 2 rings (SSSR count). The summed E-state index contributed by atoms with van der Waals surface area (Å²) in [6, 6.07) is 3.46. The zero-order valence-electron chi connectivity index (χ0n) is 12.9. The van der Waals surface area contributed by atoms with Crippen LogP contribution in [0.15, 0.2) is 24.5 Å². The summed E-state index contributed by atoms with van der Waals surface area (Å²) < 4.78 is 0. The predicted octanol–water partition coefficient (Wildman–Crippen LogP) is 2.47. The second-order valence-electron chi connectivity index (χ2n) is 5.65. The number of hydrogen-bond acceptors (Lipinski definition) is 4. The monoisotopic (exact) mass is 292 g/mol. The van der Waals surface area contributed by atoms with Crippen LogP contribution in [-0.2, 0) is 4.79 Å². The highest BCUT2D eigenvalue weighted by Crippen LogP contribution is 2.23. The lowest BCUT2D eigenvalue weighted by Gasteiger charge is -2.30. The maximum absolute atomic E-state index is 11.0.